The van der Waals surface area contributed by atoms with Crippen molar-refractivity contribution in [3.8, 4) is 0 Å². The first-order valence-corrected chi connectivity index (χ1v) is 11.2. The molecule has 17 heavy (non-hydrogen) atoms. The van der Waals surface area contributed by atoms with Crippen molar-refractivity contribution in [1.29, 1.82) is 0 Å². The first kappa shape index (κ1) is 17.9. The zero-order valence-electron chi connectivity index (χ0n) is 11.7. The topological polar surface area (TPSA) is 9.23 Å². The van der Waals surface area contributed by atoms with Crippen molar-refractivity contribution in [3.05, 3.63) is 17.9 Å². The molecule has 0 spiro atoms. The van der Waals surface area contributed by atoms with Gasteiger partial charge in [-0.1, -0.05) is 43.4 Å². The molecular formula is C13H26IOPSi. The molecular weight excluding hydrogens is 358 g/mol. The molecule has 0 bridgehead atoms. The van der Waals surface area contributed by atoms with E-state index in [1.165, 1.54) is 0 Å². The molecule has 0 rings (SSSR count). The zero-order valence-corrected chi connectivity index (χ0v) is 16.0. The molecule has 4 heteroatoms. The summed E-state index contributed by atoms with van der Waals surface area (Å²) < 4.78 is 7.28. The molecule has 0 aromatic rings. The Bertz CT molecular complexity index is 278. The summed E-state index contributed by atoms with van der Waals surface area (Å²) in [5.74, 6) is 0.272. The molecule has 0 aliphatic carbocycles. The maximum Gasteiger partial charge on any atom is 0.192 e. The van der Waals surface area contributed by atoms with E-state index < -0.39 is 8.32 Å². The van der Waals surface area contributed by atoms with Crippen LogP contribution >= 0.6 is 31.8 Å². The summed E-state index contributed by atoms with van der Waals surface area (Å²) in [5, 5.41) is 0.290. The molecule has 0 radical (unpaired) electrons. The molecule has 0 aliphatic heterocycles. The summed E-state index contributed by atoms with van der Waals surface area (Å²) in [7, 11) is 1.22. The Morgan fingerprint density at radius 2 is 1.94 bits per heavy atom. The highest BCUT2D eigenvalue weighted by atomic mass is 127. The molecule has 0 fully saturated rings. The fraction of sp³-hybridized carbons (Fsp3) is 0.769. The molecule has 0 saturated carbocycles. The SMILES string of the molecule is CC(C)(C)[Si](C)(C)OC(P)CCC=C=CCI. The smallest absolute Gasteiger partial charge is 0.192 e. The molecule has 2 unspecified atom stereocenters. The molecule has 0 heterocycles. The van der Waals surface area contributed by atoms with Gasteiger partial charge in [0, 0.05) is 4.43 Å². The van der Waals surface area contributed by atoms with E-state index in [1.54, 1.807) is 0 Å². The Balaban J connectivity index is 4.10. The predicted octanol–water partition coefficient (Wildman–Crippen LogP) is 5.14. The second-order valence-corrected chi connectivity index (χ2v) is 12.1. The lowest BCUT2D eigenvalue weighted by atomic mass is 10.2. The van der Waals surface area contributed by atoms with Gasteiger partial charge in [0.15, 0.2) is 8.32 Å². The highest BCUT2D eigenvalue weighted by molar-refractivity contribution is 14.1. The monoisotopic (exact) mass is 384 g/mol. The molecule has 0 aromatic heterocycles. The third-order valence-corrected chi connectivity index (χ3v) is 8.85. The van der Waals surface area contributed by atoms with E-state index in [0.717, 1.165) is 17.3 Å². The highest BCUT2D eigenvalue weighted by Gasteiger charge is 2.38. The fourth-order valence-electron chi connectivity index (χ4n) is 1.07. The minimum Gasteiger partial charge on any atom is -0.411 e. The van der Waals surface area contributed by atoms with Crippen molar-refractivity contribution >= 4 is 40.1 Å². The van der Waals surface area contributed by atoms with Crippen LogP contribution in [0.15, 0.2) is 17.9 Å². The number of hydrogen-bond donors (Lipinski definition) is 0. The predicted molar refractivity (Wildman–Crippen MR) is 92.6 cm³/mol. The van der Waals surface area contributed by atoms with Gasteiger partial charge in [0.2, 0.25) is 0 Å². The normalized spacial score (nSPS) is 14.1. The van der Waals surface area contributed by atoms with E-state index in [2.05, 4.69) is 77.5 Å². The lowest BCUT2D eigenvalue weighted by Crippen LogP contribution is -2.42. The van der Waals surface area contributed by atoms with Crippen molar-refractivity contribution in [2.75, 3.05) is 4.43 Å². The number of allylic oxidation sites excluding steroid dienone is 1. The van der Waals surface area contributed by atoms with Gasteiger partial charge in [-0.25, -0.2) is 0 Å². The molecule has 0 N–H and O–H groups in total. The lowest BCUT2D eigenvalue weighted by Gasteiger charge is -2.38. The van der Waals surface area contributed by atoms with Gasteiger partial charge in [0.25, 0.3) is 0 Å². The molecule has 1 nitrogen and oxygen atoms in total. The van der Waals surface area contributed by atoms with E-state index in [1.807, 2.05) is 6.08 Å². The summed E-state index contributed by atoms with van der Waals surface area (Å²) >= 11 is 2.32. The van der Waals surface area contributed by atoms with Gasteiger partial charge in [-0.15, -0.1) is 15.0 Å². The standard InChI is InChI=1S/C13H26IOPSi/c1-13(2,3)17(4,5)15-12(16)10-8-6-7-9-11-14/h6,9,12H,8,10-11,16H2,1-5H3. The second-order valence-electron chi connectivity index (χ2n) is 5.72. The molecule has 0 saturated heterocycles. The molecule has 0 aromatic carbocycles. The number of rotatable bonds is 6. The number of alkyl halides is 1. The van der Waals surface area contributed by atoms with Gasteiger partial charge in [-0.05, 0) is 43.1 Å². The van der Waals surface area contributed by atoms with Crippen molar-refractivity contribution < 1.29 is 4.43 Å². The van der Waals surface area contributed by atoms with Crippen LogP contribution < -0.4 is 0 Å². The van der Waals surface area contributed by atoms with Gasteiger partial charge < -0.3 is 4.43 Å². The molecule has 0 amide bonds. The van der Waals surface area contributed by atoms with Crippen LogP contribution in [0.4, 0.5) is 0 Å². The number of halogens is 1. The van der Waals surface area contributed by atoms with Crippen molar-refractivity contribution in [2.24, 2.45) is 0 Å². The Hall–Kier alpha value is 0.857. The fourth-order valence-corrected chi connectivity index (χ4v) is 3.77. The third kappa shape index (κ3) is 7.79. The van der Waals surface area contributed by atoms with Crippen LogP contribution in [0.5, 0.6) is 0 Å². The summed E-state index contributed by atoms with van der Waals surface area (Å²) in [6, 6.07) is 0. The first-order valence-electron chi connectivity index (χ1n) is 6.09. The zero-order chi connectivity index (χ0) is 13.5. The lowest BCUT2D eigenvalue weighted by molar-refractivity contribution is 0.251. The van der Waals surface area contributed by atoms with Crippen LogP contribution in [0.3, 0.4) is 0 Å². The van der Waals surface area contributed by atoms with Gasteiger partial charge >= 0.3 is 0 Å². The Labute approximate surface area is 124 Å². The van der Waals surface area contributed by atoms with Crippen LogP contribution in [-0.2, 0) is 4.43 Å². The van der Waals surface area contributed by atoms with Crippen LogP contribution in [0, 0.1) is 0 Å². The minimum atomic E-state index is -1.61. The quantitative estimate of drug-likeness (QED) is 0.203. The van der Waals surface area contributed by atoms with Gasteiger partial charge in [-0.2, -0.15) is 0 Å². The van der Waals surface area contributed by atoms with Crippen molar-refractivity contribution in [1.82, 2.24) is 0 Å². The summed E-state index contributed by atoms with van der Waals surface area (Å²) in [6.45, 7) is 11.4. The number of hydrogen-bond acceptors (Lipinski definition) is 1. The van der Waals surface area contributed by atoms with E-state index in [4.69, 9.17) is 4.43 Å². The molecule has 100 valence electrons. The molecule has 2 atom stereocenters. The van der Waals surface area contributed by atoms with E-state index in [0.29, 0.717) is 5.04 Å². The van der Waals surface area contributed by atoms with Crippen LogP contribution in [0.25, 0.3) is 0 Å². The second kappa shape index (κ2) is 8.11. The van der Waals surface area contributed by atoms with Gasteiger partial charge in [-0.3, -0.25) is 0 Å². The molecule has 0 aliphatic rings. The Morgan fingerprint density at radius 1 is 1.35 bits per heavy atom. The van der Waals surface area contributed by atoms with Gasteiger partial charge in [0.05, 0.1) is 5.85 Å². The van der Waals surface area contributed by atoms with Crippen LogP contribution in [0.2, 0.25) is 18.1 Å². The third-order valence-electron chi connectivity index (χ3n) is 3.16. The van der Waals surface area contributed by atoms with E-state index in [-0.39, 0.29) is 5.85 Å². The summed E-state index contributed by atoms with van der Waals surface area (Å²) in [5.41, 5.74) is 3.17. The first-order chi connectivity index (χ1) is 7.70. The average molecular weight is 384 g/mol. The Morgan fingerprint density at radius 3 is 2.41 bits per heavy atom. The van der Waals surface area contributed by atoms with Crippen molar-refractivity contribution in [2.45, 2.75) is 57.6 Å². The van der Waals surface area contributed by atoms with E-state index >= 15 is 0 Å². The van der Waals surface area contributed by atoms with Crippen LogP contribution in [0.1, 0.15) is 33.6 Å². The highest BCUT2D eigenvalue weighted by Crippen LogP contribution is 2.38. The summed E-state index contributed by atoms with van der Waals surface area (Å²) in [4.78, 5) is 0. The van der Waals surface area contributed by atoms with Gasteiger partial charge in [0.1, 0.15) is 0 Å². The minimum absolute atomic E-state index is 0.272. The Kier molecular flexibility index (Phi) is 8.52. The maximum absolute atomic E-state index is 6.25. The van der Waals surface area contributed by atoms with E-state index in [9.17, 15) is 0 Å². The average Bonchev–Trinajstić information content (AvgIpc) is 2.14. The van der Waals surface area contributed by atoms with Crippen molar-refractivity contribution in [3.63, 3.8) is 0 Å². The maximum atomic E-state index is 6.25. The summed E-state index contributed by atoms with van der Waals surface area (Å²) in [6.07, 6.45) is 6.24. The largest absolute Gasteiger partial charge is 0.411 e. The van der Waals surface area contributed by atoms with Crippen LogP contribution in [-0.4, -0.2) is 18.6 Å².